The van der Waals surface area contributed by atoms with E-state index in [1.807, 2.05) is 0 Å². The van der Waals surface area contributed by atoms with Crippen LogP contribution in [0.2, 0.25) is 0 Å². The zero-order chi connectivity index (χ0) is 9.61. The zero-order valence-corrected chi connectivity index (χ0v) is 6.36. The maximum atomic E-state index is 11.4. The lowest BCUT2D eigenvalue weighted by Crippen LogP contribution is -2.05. The molecule has 0 atom stereocenters. The summed E-state index contributed by atoms with van der Waals surface area (Å²) in [6.07, 6.45) is -5.63. The predicted octanol–water partition coefficient (Wildman–Crippen LogP) is 1.51. The second-order valence-corrected chi connectivity index (χ2v) is 1.81. The first-order chi connectivity index (χ1) is 5.45. The van der Waals surface area contributed by atoms with Gasteiger partial charge in [-0.15, -0.1) is 0 Å². The third-order valence-corrected chi connectivity index (χ3v) is 0.755. The number of hydrogen-bond acceptors (Lipinski definition) is 2. The highest BCUT2D eigenvalue weighted by Gasteiger charge is 2.25. The molecule has 0 saturated heterocycles. The molecular formula is C7H7F3O2. The van der Waals surface area contributed by atoms with Crippen LogP contribution in [0.3, 0.4) is 0 Å². The number of ether oxygens (including phenoxy) is 1. The first-order valence-electron chi connectivity index (χ1n) is 3.18. The SMILES string of the molecule is CCOC(=O)C#CCC(F)(F)F. The second-order valence-electron chi connectivity index (χ2n) is 1.81. The number of alkyl halides is 3. The molecule has 0 aliphatic carbocycles. The van der Waals surface area contributed by atoms with Crippen molar-refractivity contribution in [3.05, 3.63) is 0 Å². The fourth-order valence-corrected chi connectivity index (χ4v) is 0.384. The van der Waals surface area contributed by atoms with Gasteiger partial charge in [0.05, 0.1) is 6.61 Å². The molecule has 0 aliphatic rings. The lowest BCUT2D eigenvalue weighted by Gasteiger charge is -1.97. The molecule has 0 fully saturated rings. The van der Waals surface area contributed by atoms with Crippen LogP contribution in [0.5, 0.6) is 0 Å². The summed E-state index contributed by atoms with van der Waals surface area (Å²) in [7, 11) is 0. The van der Waals surface area contributed by atoms with E-state index in [-0.39, 0.29) is 6.61 Å². The zero-order valence-electron chi connectivity index (χ0n) is 6.36. The molecule has 0 amide bonds. The Morgan fingerprint density at radius 3 is 2.50 bits per heavy atom. The van der Waals surface area contributed by atoms with E-state index in [1.54, 1.807) is 18.8 Å². The summed E-state index contributed by atoms with van der Waals surface area (Å²) >= 11 is 0. The summed E-state index contributed by atoms with van der Waals surface area (Å²) in [6.45, 7) is 1.66. The highest BCUT2D eigenvalue weighted by molar-refractivity contribution is 5.88. The summed E-state index contributed by atoms with van der Waals surface area (Å²) in [4.78, 5) is 10.4. The smallest absolute Gasteiger partial charge is 0.399 e. The van der Waals surface area contributed by atoms with Crippen LogP contribution in [0.25, 0.3) is 0 Å². The Labute approximate surface area is 67.7 Å². The molecular weight excluding hydrogens is 173 g/mol. The maximum absolute atomic E-state index is 11.4. The van der Waals surface area contributed by atoms with Crippen LogP contribution < -0.4 is 0 Å². The van der Waals surface area contributed by atoms with E-state index in [2.05, 4.69) is 4.74 Å². The molecule has 12 heavy (non-hydrogen) atoms. The molecule has 2 nitrogen and oxygen atoms in total. The molecule has 0 aromatic carbocycles. The Morgan fingerprint density at radius 1 is 1.50 bits per heavy atom. The van der Waals surface area contributed by atoms with Crippen molar-refractivity contribution in [2.24, 2.45) is 0 Å². The molecule has 0 aromatic rings. The summed E-state index contributed by atoms with van der Waals surface area (Å²) in [5.74, 6) is 2.44. The van der Waals surface area contributed by atoms with E-state index in [1.165, 1.54) is 0 Å². The lowest BCUT2D eigenvalue weighted by molar-refractivity contribution is -0.136. The van der Waals surface area contributed by atoms with Gasteiger partial charge in [-0.1, -0.05) is 5.92 Å². The normalized spacial score (nSPS) is 10.0. The van der Waals surface area contributed by atoms with Gasteiger partial charge in [0.1, 0.15) is 6.42 Å². The minimum atomic E-state index is -4.35. The van der Waals surface area contributed by atoms with Crippen molar-refractivity contribution in [1.29, 1.82) is 0 Å². The van der Waals surface area contributed by atoms with Gasteiger partial charge in [0.25, 0.3) is 0 Å². The van der Waals surface area contributed by atoms with Crippen LogP contribution in [-0.2, 0) is 9.53 Å². The van der Waals surface area contributed by atoms with Crippen LogP contribution in [-0.4, -0.2) is 18.8 Å². The van der Waals surface area contributed by atoms with Crippen molar-refractivity contribution >= 4 is 5.97 Å². The average molecular weight is 180 g/mol. The second kappa shape index (κ2) is 4.65. The van der Waals surface area contributed by atoms with Crippen LogP contribution in [0, 0.1) is 11.8 Å². The average Bonchev–Trinajstić information content (AvgIpc) is 1.84. The van der Waals surface area contributed by atoms with E-state index in [4.69, 9.17) is 0 Å². The van der Waals surface area contributed by atoms with Crippen LogP contribution in [0.1, 0.15) is 13.3 Å². The Balaban J connectivity index is 3.81. The van der Waals surface area contributed by atoms with Gasteiger partial charge in [0.2, 0.25) is 0 Å². The van der Waals surface area contributed by atoms with Crippen LogP contribution in [0.15, 0.2) is 0 Å². The van der Waals surface area contributed by atoms with Crippen molar-refractivity contribution < 1.29 is 22.7 Å². The third kappa shape index (κ3) is 6.93. The van der Waals surface area contributed by atoms with Crippen LogP contribution >= 0.6 is 0 Å². The summed E-state index contributed by atoms with van der Waals surface area (Å²) < 4.78 is 38.6. The van der Waals surface area contributed by atoms with E-state index in [9.17, 15) is 18.0 Å². The molecule has 68 valence electrons. The third-order valence-electron chi connectivity index (χ3n) is 0.755. The number of carbonyl (C=O) groups is 1. The first kappa shape index (κ1) is 10.8. The molecule has 0 N–H and O–H groups in total. The minimum Gasteiger partial charge on any atom is -0.456 e. The summed E-state index contributed by atoms with van der Waals surface area (Å²) in [6, 6.07) is 0. The minimum absolute atomic E-state index is 0.111. The predicted molar refractivity (Wildman–Crippen MR) is 35.1 cm³/mol. The molecule has 0 saturated carbocycles. The van der Waals surface area contributed by atoms with Crippen molar-refractivity contribution in [3.63, 3.8) is 0 Å². The molecule has 0 aromatic heterocycles. The highest BCUT2D eigenvalue weighted by atomic mass is 19.4. The quantitative estimate of drug-likeness (QED) is 0.347. The fourth-order valence-electron chi connectivity index (χ4n) is 0.384. The molecule has 5 heteroatoms. The van der Waals surface area contributed by atoms with Gasteiger partial charge in [-0.3, -0.25) is 0 Å². The highest BCUT2D eigenvalue weighted by Crippen LogP contribution is 2.17. The number of esters is 1. The van der Waals surface area contributed by atoms with Crippen molar-refractivity contribution in [1.82, 2.24) is 0 Å². The fraction of sp³-hybridized carbons (Fsp3) is 0.571. The molecule has 0 unspecified atom stereocenters. The number of halogens is 3. The first-order valence-corrected chi connectivity index (χ1v) is 3.18. The van der Waals surface area contributed by atoms with Gasteiger partial charge in [0, 0.05) is 5.92 Å². The van der Waals surface area contributed by atoms with Gasteiger partial charge in [-0.2, -0.15) is 13.2 Å². The van der Waals surface area contributed by atoms with E-state index >= 15 is 0 Å². The van der Waals surface area contributed by atoms with Gasteiger partial charge in [0.15, 0.2) is 0 Å². The molecule has 0 radical (unpaired) electrons. The standard InChI is InChI=1S/C7H7F3O2/c1-2-12-6(11)4-3-5-7(8,9)10/h2,5H2,1H3. The molecule has 0 aliphatic heterocycles. The monoisotopic (exact) mass is 180 g/mol. The van der Waals surface area contributed by atoms with Crippen molar-refractivity contribution in [2.45, 2.75) is 19.5 Å². The van der Waals surface area contributed by atoms with Crippen LogP contribution in [0.4, 0.5) is 13.2 Å². The van der Waals surface area contributed by atoms with E-state index in [0.717, 1.165) is 0 Å². The maximum Gasteiger partial charge on any atom is 0.399 e. The van der Waals surface area contributed by atoms with Crippen molar-refractivity contribution in [2.75, 3.05) is 6.61 Å². The molecule has 0 spiro atoms. The van der Waals surface area contributed by atoms with Gasteiger partial charge in [-0.05, 0) is 6.92 Å². The summed E-state index contributed by atoms with van der Waals surface area (Å²) in [5, 5.41) is 0. The Bertz CT molecular complexity index is 209. The van der Waals surface area contributed by atoms with Crippen molar-refractivity contribution in [3.8, 4) is 11.8 Å². The number of hydrogen-bond donors (Lipinski definition) is 0. The largest absolute Gasteiger partial charge is 0.456 e. The Kier molecular flexibility index (Phi) is 4.19. The number of carbonyl (C=O) groups excluding carboxylic acids is 1. The lowest BCUT2D eigenvalue weighted by atomic mass is 10.4. The Morgan fingerprint density at radius 2 is 2.08 bits per heavy atom. The Hall–Kier alpha value is -1.18. The van der Waals surface area contributed by atoms with Gasteiger partial charge in [-0.25, -0.2) is 4.79 Å². The van der Waals surface area contributed by atoms with E-state index < -0.39 is 18.6 Å². The molecule has 0 bridgehead atoms. The number of rotatable bonds is 1. The molecule has 0 heterocycles. The van der Waals surface area contributed by atoms with Gasteiger partial charge < -0.3 is 4.74 Å². The topological polar surface area (TPSA) is 26.3 Å². The van der Waals surface area contributed by atoms with E-state index in [0.29, 0.717) is 0 Å². The summed E-state index contributed by atoms with van der Waals surface area (Å²) in [5.41, 5.74) is 0. The van der Waals surface area contributed by atoms with Gasteiger partial charge >= 0.3 is 12.1 Å². The molecule has 0 rings (SSSR count).